The molecule has 0 saturated heterocycles. The number of nitrogens with one attached hydrogen (secondary N) is 1. The molecule has 0 aliphatic rings. The molecule has 1 aromatic heterocycles. The minimum atomic E-state index is -3.67. The van der Waals surface area contributed by atoms with Crippen molar-refractivity contribution in [2.75, 3.05) is 6.54 Å². The number of aromatic nitrogens is 1. The van der Waals surface area contributed by atoms with Gasteiger partial charge in [0.1, 0.15) is 10.7 Å². The van der Waals surface area contributed by atoms with Gasteiger partial charge in [-0.15, -0.1) is 12.3 Å². The summed E-state index contributed by atoms with van der Waals surface area (Å²) < 4.78 is 38.5. The number of nitrogens with zero attached hydrogens (tertiary/aromatic N) is 1. The Labute approximate surface area is 100 Å². The first-order valence-electron chi connectivity index (χ1n) is 5.10. The highest BCUT2D eigenvalue weighted by molar-refractivity contribution is 7.89. The quantitative estimate of drug-likeness (QED) is 0.616. The molecule has 6 heteroatoms. The Kier molecular flexibility index (Phi) is 5.07. The molecule has 0 aliphatic carbocycles. The maximum absolute atomic E-state index is 12.8. The van der Waals surface area contributed by atoms with Crippen LogP contribution in [0.1, 0.15) is 19.3 Å². The number of hydrogen-bond acceptors (Lipinski definition) is 3. The molecule has 0 unspecified atom stereocenters. The largest absolute Gasteiger partial charge is 0.260 e. The molecule has 0 bridgehead atoms. The molecule has 17 heavy (non-hydrogen) atoms. The van der Waals surface area contributed by atoms with E-state index in [9.17, 15) is 12.8 Å². The van der Waals surface area contributed by atoms with Gasteiger partial charge >= 0.3 is 0 Å². The van der Waals surface area contributed by atoms with Gasteiger partial charge in [-0.3, -0.25) is 4.98 Å². The van der Waals surface area contributed by atoms with Crippen molar-refractivity contribution in [1.82, 2.24) is 9.71 Å². The van der Waals surface area contributed by atoms with Gasteiger partial charge in [-0.2, -0.15) is 0 Å². The number of rotatable bonds is 6. The van der Waals surface area contributed by atoms with E-state index in [1.54, 1.807) is 0 Å². The molecule has 0 amide bonds. The smallest absolute Gasteiger partial charge is 0.242 e. The number of unbranched alkanes of at least 4 members (excludes halogenated alkanes) is 2. The Morgan fingerprint density at radius 1 is 1.41 bits per heavy atom. The zero-order valence-electron chi connectivity index (χ0n) is 9.19. The second kappa shape index (κ2) is 6.33. The van der Waals surface area contributed by atoms with Gasteiger partial charge in [-0.1, -0.05) is 0 Å². The lowest BCUT2D eigenvalue weighted by Gasteiger charge is -2.05. The van der Waals surface area contributed by atoms with Crippen LogP contribution in [0.3, 0.4) is 0 Å². The van der Waals surface area contributed by atoms with Gasteiger partial charge in [0.15, 0.2) is 0 Å². The zero-order valence-corrected chi connectivity index (χ0v) is 10.0. The van der Waals surface area contributed by atoms with Crippen LogP contribution in [-0.2, 0) is 10.0 Å². The van der Waals surface area contributed by atoms with Crippen molar-refractivity contribution in [3.63, 3.8) is 0 Å². The molecule has 1 rings (SSSR count). The van der Waals surface area contributed by atoms with Crippen LogP contribution in [0.5, 0.6) is 0 Å². The molecule has 0 aliphatic heterocycles. The molecule has 0 fully saturated rings. The van der Waals surface area contributed by atoms with E-state index >= 15 is 0 Å². The van der Waals surface area contributed by atoms with E-state index in [1.165, 1.54) is 0 Å². The highest BCUT2D eigenvalue weighted by atomic mass is 32.2. The number of hydrogen-bond donors (Lipinski definition) is 1. The summed E-state index contributed by atoms with van der Waals surface area (Å²) in [5.74, 6) is 1.79. The Balaban J connectivity index is 2.55. The maximum atomic E-state index is 12.8. The maximum Gasteiger partial charge on any atom is 0.242 e. The second-order valence-electron chi connectivity index (χ2n) is 3.40. The molecule has 92 valence electrons. The first-order chi connectivity index (χ1) is 8.06. The summed E-state index contributed by atoms with van der Waals surface area (Å²) in [5, 5.41) is 0. The summed E-state index contributed by atoms with van der Waals surface area (Å²) in [6, 6.07) is 0.927. The normalized spacial score (nSPS) is 11.1. The topological polar surface area (TPSA) is 59.1 Å². The van der Waals surface area contributed by atoms with Crippen molar-refractivity contribution >= 4 is 10.0 Å². The van der Waals surface area contributed by atoms with Crippen LogP contribution in [0.4, 0.5) is 4.39 Å². The second-order valence-corrected chi connectivity index (χ2v) is 5.16. The van der Waals surface area contributed by atoms with E-state index in [0.29, 0.717) is 12.8 Å². The van der Waals surface area contributed by atoms with Gasteiger partial charge in [-0.25, -0.2) is 17.5 Å². The Morgan fingerprint density at radius 2 is 2.18 bits per heavy atom. The molecule has 1 aromatic rings. The fraction of sp³-hybridized carbons (Fsp3) is 0.364. The fourth-order valence-corrected chi connectivity index (χ4v) is 2.23. The first kappa shape index (κ1) is 13.6. The number of terminal acetylenes is 1. The van der Waals surface area contributed by atoms with E-state index in [2.05, 4.69) is 15.6 Å². The third kappa shape index (κ3) is 4.51. The highest BCUT2D eigenvalue weighted by Gasteiger charge is 2.14. The molecule has 0 atom stereocenters. The van der Waals surface area contributed by atoms with E-state index in [-0.39, 0.29) is 11.4 Å². The fourth-order valence-electron chi connectivity index (χ4n) is 1.18. The molecule has 0 spiro atoms. The molecule has 0 saturated carbocycles. The van der Waals surface area contributed by atoms with Gasteiger partial charge in [0.25, 0.3) is 0 Å². The number of pyridine rings is 1. The van der Waals surface area contributed by atoms with E-state index < -0.39 is 15.8 Å². The van der Waals surface area contributed by atoms with E-state index in [0.717, 1.165) is 24.9 Å². The van der Waals surface area contributed by atoms with E-state index in [4.69, 9.17) is 6.42 Å². The van der Waals surface area contributed by atoms with Crippen LogP contribution in [0.25, 0.3) is 0 Å². The molecule has 1 heterocycles. The average Bonchev–Trinajstić information content (AvgIpc) is 2.29. The predicted molar refractivity (Wildman–Crippen MR) is 62.1 cm³/mol. The summed E-state index contributed by atoms with van der Waals surface area (Å²) in [7, 11) is -3.67. The van der Waals surface area contributed by atoms with Crippen molar-refractivity contribution in [3.05, 3.63) is 24.3 Å². The molecular formula is C11H13FN2O2S. The van der Waals surface area contributed by atoms with Gasteiger partial charge in [0.05, 0.1) is 6.20 Å². The number of sulfonamides is 1. The molecular weight excluding hydrogens is 243 g/mol. The first-order valence-corrected chi connectivity index (χ1v) is 6.58. The lowest BCUT2D eigenvalue weighted by Crippen LogP contribution is -2.25. The van der Waals surface area contributed by atoms with Crippen molar-refractivity contribution in [1.29, 1.82) is 0 Å². The summed E-state index contributed by atoms with van der Waals surface area (Å²) in [5.41, 5.74) is 0. The van der Waals surface area contributed by atoms with Crippen LogP contribution >= 0.6 is 0 Å². The monoisotopic (exact) mass is 256 g/mol. The Morgan fingerprint density at radius 3 is 2.82 bits per heavy atom. The van der Waals surface area contributed by atoms with Crippen LogP contribution in [-0.4, -0.2) is 19.9 Å². The molecule has 4 nitrogen and oxygen atoms in total. The van der Waals surface area contributed by atoms with E-state index in [1.807, 2.05) is 0 Å². The third-order valence-electron chi connectivity index (χ3n) is 2.03. The lowest BCUT2D eigenvalue weighted by atomic mass is 10.2. The van der Waals surface area contributed by atoms with Crippen LogP contribution in [0.15, 0.2) is 23.4 Å². The summed E-state index contributed by atoms with van der Waals surface area (Å²) in [6.45, 7) is 0.278. The molecule has 0 aromatic carbocycles. The third-order valence-corrected chi connectivity index (χ3v) is 3.46. The van der Waals surface area contributed by atoms with Crippen molar-refractivity contribution in [3.8, 4) is 12.3 Å². The summed E-state index contributed by atoms with van der Waals surface area (Å²) in [6.07, 6.45) is 9.13. The van der Waals surface area contributed by atoms with Gasteiger partial charge in [-0.05, 0) is 18.9 Å². The zero-order chi connectivity index (χ0) is 12.7. The van der Waals surface area contributed by atoms with Gasteiger partial charge in [0, 0.05) is 19.2 Å². The van der Waals surface area contributed by atoms with Crippen molar-refractivity contribution < 1.29 is 12.8 Å². The number of halogens is 1. The van der Waals surface area contributed by atoms with Gasteiger partial charge < -0.3 is 0 Å². The molecule has 0 radical (unpaired) electrons. The molecule has 1 N–H and O–H groups in total. The Bertz CT molecular complexity index is 508. The lowest BCUT2D eigenvalue weighted by molar-refractivity contribution is 0.572. The van der Waals surface area contributed by atoms with Crippen LogP contribution in [0.2, 0.25) is 0 Å². The van der Waals surface area contributed by atoms with Crippen LogP contribution < -0.4 is 4.72 Å². The highest BCUT2D eigenvalue weighted by Crippen LogP contribution is 2.08. The van der Waals surface area contributed by atoms with Gasteiger partial charge in [0.2, 0.25) is 10.0 Å². The minimum Gasteiger partial charge on any atom is -0.260 e. The summed E-state index contributed by atoms with van der Waals surface area (Å²) >= 11 is 0. The average molecular weight is 256 g/mol. The SMILES string of the molecule is C#CCCCCNS(=O)(=O)c1cncc(F)c1. The minimum absolute atomic E-state index is 0.172. The van der Waals surface area contributed by atoms with Crippen LogP contribution in [0, 0.1) is 18.2 Å². The predicted octanol–water partition coefficient (Wildman–Crippen LogP) is 1.30. The van der Waals surface area contributed by atoms with Crippen molar-refractivity contribution in [2.45, 2.75) is 24.2 Å². The summed E-state index contributed by atoms with van der Waals surface area (Å²) in [4.78, 5) is 3.32. The Hall–Kier alpha value is -1.45. The van der Waals surface area contributed by atoms with Crippen molar-refractivity contribution in [2.24, 2.45) is 0 Å². The standard InChI is InChI=1S/C11H13FN2O2S/c1-2-3-4-5-6-14-17(15,16)11-7-10(12)8-13-9-11/h1,7-9,14H,3-6H2.